The molecule has 0 amide bonds. The van der Waals surface area contributed by atoms with Gasteiger partial charge < -0.3 is 4.90 Å². The van der Waals surface area contributed by atoms with Crippen LogP contribution in [-0.4, -0.2) is 48.3 Å². The number of hydrogen-bond acceptors (Lipinski definition) is 3. The Morgan fingerprint density at radius 1 is 0.897 bits per heavy atom. The van der Waals surface area contributed by atoms with Gasteiger partial charge in [-0.05, 0) is 76.3 Å². The number of ketones is 1. The molecule has 2 aliphatic heterocycles. The van der Waals surface area contributed by atoms with Crippen LogP contribution < -0.4 is 0 Å². The van der Waals surface area contributed by atoms with Crippen molar-refractivity contribution < 1.29 is 4.79 Å². The van der Waals surface area contributed by atoms with Crippen molar-refractivity contribution in [3.05, 3.63) is 71.3 Å². The monoisotopic (exact) mass is 390 g/mol. The van der Waals surface area contributed by atoms with E-state index in [4.69, 9.17) is 0 Å². The maximum absolute atomic E-state index is 12.8. The van der Waals surface area contributed by atoms with E-state index in [0.717, 1.165) is 30.1 Å². The summed E-state index contributed by atoms with van der Waals surface area (Å²) in [6.07, 6.45) is 6.77. The van der Waals surface area contributed by atoms with E-state index >= 15 is 0 Å². The first kappa shape index (κ1) is 20.3. The van der Waals surface area contributed by atoms with Gasteiger partial charge in [-0.3, -0.25) is 9.69 Å². The number of benzene rings is 2. The van der Waals surface area contributed by atoms with E-state index in [9.17, 15) is 4.79 Å². The van der Waals surface area contributed by atoms with Gasteiger partial charge in [-0.15, -0.1) is 0 Å². The minimum Gasteiger partial charge on any atom is -0.303 e. The smallest absolute Gasteiger partial charge is 0.193 e. The molecule has 1 unspecified atom stereocenters. The molecule has 0 radical (unpaired) electrons. The first-order chi connectivity index (χ1) is 14.2. The molecule has 0 aromatic heterocycles. The molecule has 4 rings (SSSR count). The van der Waals surface area contributed by atoms with E-state index in [1.165, 1.54) is 57.3 Å². The largest absolute Gasteiger partial charge is 0.303 e. The quantitative estimate of drug-likeness (QED) is 0.635. The Morgan fingerprint density at radius 3 is 2.31 bits per heavy atom. The standard InChI is InChI=1S/C26H34N2O/c1-21(28-17-13-22(14-18-28)20-27-15-6-3-7-16-27)24-11-8-12-25(19-24)26(29)23-9-4-2-5-10-23/h2,4-5,8-12,19,21-22H,3,6-7,13-18,20H2,1H3. The highest BCUT2D eigenvalue weighted by molar-refractivity contribution is 6.09. The minimum absolute atomic E-state index is 0.111. The normalized spacial score (nSPS) is 20.4. The number of carbonyl (C=O) groups excluding carboxylic acids is 1. The second-order valence-corrected chi connectivity index (χ2v) is 8.84. The van der Waals surface area contributed by atoms with Crippen LogP contribution in [0.1, 0.15) is 66.6 Å². The summed E-state index contributed by atoms with van der Waals surface area (Å²) in [7, 11) is 0. The Kier molecular flexibility index (Phi) is 6.78. The minimum atomic E-state index is 0.111. The maximum Gasteiger partial charge on any atom is 0.193 e. The third-order valence-corrected chi connectivity index (χ3v) is 6.83. The fraction of sp³-hybridized carbons (Fsp3) is 0.500. The molecule has 0 bridgehead atoms. The van der Waals surface area contributed by atoms with Gasteiger partial charge in [0.1, 0.15) is 0 Å². The van der Waals surface area contributed by atoms with Gasteiger partial charge in [0.15, 0.2) is 5.78 Å². The fourth-order valence-corrected chi connectivity index (χ4v) is 4.94. The maximum atomic E-state index is 12.8. The molecule has 2 heterocycles. The summed E-state index contributed by atoms with van der Waals surface area (Å²) in [5, 5.41) is 0. The number of hydrogen-bond donors (Lipinski definition) is 0. The summed E-state index contributed by atoms with van der Waals surface area (Å²) in [4.78, 5) is 18.1. The van der Waals surface area contributed by atoms with Crippen LogP contribution >= 0.6 is 0 Å². The fourth-order valence-electron chi connectivity index (χ4n) is 4.94. The average Bonchev–Trinajstić information content (AvgIpc) is 2.80. The average molecular weight is 391 g/mol. The zero-order valence-corrected chi connectivity index (χ0v) is 17.7. The van der Waals surface area contributed by atoms with Gasteiger partial charge in [0, 0.05) is 23.7 Å². The van der Waals surface area contributed by atoms with Gasteiger partial charge in [0.2, 0.25) is 0 Å². The molecule has 2 aromatic rings. The Balaban J connectivity index is 1.35. The molecule has 2 fully saturated rings. The van der Waals surface area contributed by atoms with Crippen LogP contribution in [0.15, 0.2) is 54.6 Å². The predicted octanol–water partition coefficient (Wildman–Crippen LogP) is 5.18. The highest BCUT2D eigenvalue weighted by Crippen LogP contribution is 2.28. The number of rotatable bonds is 6. The van der Waals surface area contributed by atoms with E-state index in [0.29, 0.717) is 6.04 Å². The second-order valence-electron chi connectivity index (χ2n) is 8.84. The van der Waals surface area contributed by atoms with E-state index < -0.39 is 0 Å². The van der Waals surface area contributed by atoms with Crippen molar-refractivity contribution in [3.8, 4) is 0 Å². The number of carbonyl (C=O) groups is 1. The summed E-state index contributed by atoms with van der Waals surface area (Å²) >= 11 is 0. The summed E-state index contributed by atoms with van der Waals surface area (Å²) in [5.74, 6) is 0.961. The van der Waals surface area contributed by atoms with Crippen molar-refractivity contribution in [2.24, 2.45) is 5.92 Å². The van der Waals surface area contributed by atoms with Crippen LogP contribution in [0.4, 0.5) is 0 Å². The Labute approximate surface area is 175 Å². The number of nitrogens with zero attached hydrogens (tertiary/aromatic N) is 2. The summed E-state index contributed by atoms with van der Waals surface area (Å²) in [5.41, 5.74) is 2.80. The van der Waals surface area contributed by atoms with Gasteiger partial charge in [-0.25, -0.2) is 0 Å². The molecule has 0 spiro atoms. The van der Waals surface area contributed by atoms with Crippen LogP contribution in [0.5, 0.6) is 0 Å². The van der Waals surface area contributed by atoms with E-state index in [-0.39, 0.29) is 5.78 Å². The van der Waals surface area contributed by atoms with Crippen LogP contribution in [0.25, 0.3) is 0 Å². The van der Waals surface area contributed by atoms with Gasteiger partial charge in [0.05, 0.1) is 0 Å². The number of likely N-dealkylation sites (tertiary alicyclic amines) is 2. The molecule has 154 valence electrons. The second kappa shape index (κ2) is 9.69. The van der Waals surface area contributed by atoms with Crippen molar-refractivity contribution in [2.45, 2.75) is 45.1 Å². The molecule has 0 saturated carbocycles. The van der Waals surface area contributed by atoms with Crippen LogP contribution in [0, 0.1) is 5.92 Å². The summed E-state index contributed by atoms with van der Waals surface area (Å²) < 4.78 is 0. The lowest BCUT2D eigenvalue weighted by atomic mass is 9.92. The first-order valence-electron chi connectivity index (χ1n) is 11.4. The lowest BCUT2D eigenvalue weighted by Gasteiger charge is -2.38. The summed E-state index contributed by atoms with van der Waals surface area (Å²) in [6, 6.07) is 18.2. The Hall–Kier alpha value is -1.97. The topological polar surface area (TPSA) is 23.6 Å². The van der Waals surface area contributed by atoms with Crippen LogP contribution in [0.2, 0.25) is 0 Å². The van der Waals surface area contributed by atoms with E-state index in [1.54, 1.807) is 0 Å². The Morgan fingerprint density at radius 2 is 1.59 bits per heavy atom. The molecule has 3 nitrogen and oxygen atoms in total. The van der Waals surface area contributed by atoms with Crippen molar-refractivity contribution in [3.63, 3.8) is 0 Å². The third-order valence-electron chi connectivity index (χ3n) is 6.83. The first-order valence-corrected chi connectivity index (χ1v) is 11.4. The van der Waals surface area contributed by atoms with Crippen molar-refractivity contribution in [1.82, 2.24) is 9.80 Å². The highest BCUT2D eigenvalue weighted by Gasteiger charge is 2.25. The Bertz CT molecular complexity index is 789. The number of piperidine rings is 2. The van der Waals surface area contributed by atoms with Crippen molar-refractivity contribution >= 4 is 5.78 Å². The molecule has 2 aliphatic rings. The lowest BCUT2D eigenvalue weighted by molar-refractivity contribution is 0.103. The van der Waals surface area contributed by atoms with Gasteiger partial charge in [-0.1, -0.05) is 55.0 Å². The van der Waals surface area contributed by atoms with E-state index in [1.807, 2.05) is 42.5 Å². The van der Waals surface area contributed by atoms with Crippen molar-refractivity contribution in [1.29, 1.82) is 0 Å². The molecule has 2 aromatic carbocycles. The zero-order chi connectivity index (χ0) is 20.1. The molecule has 29 heavy (non-hydrogen) atoms. The highest BCUT2D eigenvalue weighted by atomic mass is 16.1. The van der Waals surface area contributed by atoms with Crippen molar-refractivity contribution in [2.75, 3.05) is 32.7 Å². The van der Waals surface area contributed by atoms with Gasteiger partial charge in [0.25, 0.3) is 0 Å². The molecule has 2 saturated heterocycles. The van der Waals surface area contributed by atoms with Crippen LogP contribution in [-0.2, 0) is 0 Å². The molecule has 0 aliphatic carbocycles. The molecule has 3 heteroatoms. The summed E-state index contributed by atoms with van der Waals surface area (Å²) in [6.45, 7) is 8.52. The SMILES string of the molecule is CC(c1cccc(C(=O)c2ccccc2)c1)N1CCC(CN2CCCCC2)CC1. The zero-order valence-electron chi connectivity index (χ0n) is 17.7. The van der Waals surface area contributed by atoms with Crippen LogP contribution in [0.3, 0.4) is 0 Å². The molecule has 1 atom stereocenters. The molecule has 0 N–H and O–H groups in total. The molecular weight excluding hydrogens is 356 g/mol. The van der Waals surface area contributed by atoms with E-state index in [2.05, 4.69) is 28.9 Å². The predicted molar refractivity (Wildman–Crippen MR) is 119 cm³/mol. The van der Waals surface area contributed by atoms with Gasteiger partial charge in [-0.2, -0.15) is 0 Å². The van der Waals surface area contributed by atoms with Gasteiger partial charge >= 0.3 is 0 Å². The molecular formula is C26H34N2O. The lowest BCUT2D eigenvalue weighted by Crippen LogP contribution is -2.41. The third kappa shape index (κ3) is 5.15.